The van der Waals surface area contributed by atoms with Gasteiger partial charge in [0.25, 0.3) is 0 Å². The van der Waals surface area contributed by atoms with E-state index >= 15 is 0 Å². The minimum absolute atomic E-state index is 0.0312. The molecule has 5 nitrogen and oxygen atoms in total. The Bertz CT molecular complexity index is 334. The van der Waals surface area contributed by atoms with Gasteiger partial charge in [0.05, 0.1) is 11.8 Å². The second-order valence-electron chi connectivity index (χ2n) is 4.35. The van der Waals surface area contributed by atoms with Crippen molar-refractivity contribution in [2.45, 2.75) is 45.1 Å². The summed E-state index contributed by atoms with van der Waals surface area (Å²) >= 11 is 0. The first kappa shape index (κ1) is 13.4. The second kappa shape index (κ2) is 5.63. The second-order valence-corrected chi connectivity index (χ2v) is 6.39. The van der Waals surface area contributed by atoms with Gasteiger partial charge in [-0.2, -0.15) is 0 Å². The van der Waals surface area contributed by atoms with Crippen LogP contribution in [0.15, 0.2) is 0 Å². The molecule has 0 bridgehead atoms. The molecule has 1 saturated carbocycles. The third kappa shape index (κ3) is 3.75. The monoisotopic (exact) mass is 247 g/mol. The van der Waals surface area contributed by atoms with E-state index in [2.05, 4.69) is 4.72 Å². The lowest BCUT2D eigenvalue weighted by Gasteiger charge is -2.29. The molecule has 6 heteroatoms. The van der Waals surface area contributed by atoms with Gasteiger partial charge in [0.15, 0.2) is 0 Å². The van der Waals surface area contributed by atoms with Crippen molar-refractivity contribution in [3.05, 3.63) is 0 Å². The largest absolute Gasteiger partial charge is 0.386 e. The first-order valence-corrected chi connectivity index (χ1v) is 7.45. The van der Waals surface area contributed by atoms with E-state index in [0.717, 1.165) is 25.7 Å². The summed E-state index contributed by atoms with van der Waals surface area (Å²) in [5.41, 5.74) is 5.49. The van der Waals surface area contributed by atoms with E-state index in [9.17, 15) is 8.42 Å². The summed E-state index contributed by atoms with van der Waals surface area (Å²) in [5, 5.41) is 7.49. The van der Waals surface area contributed by atoms with Crippen LogP contribution in [0.5, 0.6) is 0 Å². The molecule has 1 rings (SSSR count). The molecule has 1 unspecified atom stereocenters. The van der Waals surface area contributed by atoms with Crippen molar-refractivity contribution in [2.75, 3.05) is 5.75 Å². The normalized spacial score (nSPS) is 20.6. The fraction of sp³-hybridized carbons (Fsp3) is 0.900. The predicted octanol–water partition coefficient (Wildman–Crippen LogP) is 0.811. The summed E-state index contributed by atoms with van der Waals surface area (Å²) in [4.78, 5) is 0. The highest BCUT2D eigenvalue weighted by Gasteiger charge is 2.28. The quantitative estimate of drug-likeness (QED) is 0.495. The van der Waals surface area contributed by atoms with E-state index in [4.69, 9.17) is 11.1 Å². The Hall–Kier alpha value is -0.620. The molecule has 94 valence electrons. The van der Waals surface area contributed by atoms with Gasteiger partial charge in [-0.15, -0.1) is 0 Å². The number of nitrogens with one attached hydrogen (secondary N) is 2. The van der Waals surface area contributed by atoms with Crippen LogP contribution < -0.4 is 10.5 Å². The highest BCUT2D eigenvalue weighted by molar-refractivity contribution is 7.89. The minimum atomic E-state index is -3.28. The summed E-state index contributed by atoms with van der Waals surface area (Å²) in [5.74, 6) is 0.153. The summed E-state index contributed by atoms with van der Waals surface area (Å²) in [6.45, 7) is 1.58. The summed E-state index contributed by atoms with van der Waals surface area (Å²) in [7, 11) is -3.28. The molecule has 0 aliphatic heterocycles. The van der Waals surface area contributed by atoms with Gasteiger partial charge in [0.1, 0.15) is 5.84 Å². The molecular formula is C10H21N3O2S. The van der Waals surface area contributed by atoms with Crippen LogP contribution in [0.2, 0.25) is 0 Å². The van der Waals surface area contributed by atoms with Crippen molar-refractivity contribution in [1.29, 1.82) is 5.41 Å². The lowest BCUT2D eigenvalue weighted by molar-refractivity contribution is 0.328. The SMILES string of the molecule is CCS(=O)(=O)NC(C(=N)N)C1CCCCC1. The van der Waals surface area contributed by atoms with Gasteiger partial charge in [-0.1, -0.05) is 19.3 Å². The summed E-state index contributed by atoms with van der Waals surface area (Å²) < 4.78 is 25.5. The number of nitrogens with two attached hydrogens (primary N) is 1. The lowest BCUT2D eigenvalue weighted by atomic mass is 9.84. The van der Waals surface area contributed by atoms with E-state index in [1.807, 2.05) is 0 Å². The molecule has 0 saturated heterocycles. The van der Waals surface area contributed by atoms with E-state index in [-0.39, 0.29) is 17.5 Å². The van der Waals surface area contributed by atoms with E-state index in [1.165, 1.54) is 6.42 Å². The molecule has 1 aliphatic carbocycles. The zero-order valence-electron chi connectivity index (χ0n) is 9.70. The highest BCUT2D eigenvalue weighted by atomic mass is 32.2. The Balaban J connectivity index is 2.70. The Kier molecular flexibility index (Phi) is 4.73. The third-order valence-corrected chi connectivity index (χ3v) is 4.52. The first-order chi connectivity index (χ1) is 7.46. The number of amidine groups is 1. The maximum Gasteiger partial charge on any atom is 0.211 e. The molecule has 0 aromatic heterocycles. The van der Waals surface area contributed by atoms with Crippen molar-refractivity contribution in [1.82, 2.24) is 4.72 Å². The van der Waals surface area contributed by atoms with E-state index in [1.54, 1.807) is 6.92 Å². The maximum absolute atomic E-state index is 11.5. The van der Waals surface area contributed by atoms with Crippen molar-refractivity contribution >= 4 is 15.9 Å². The van der Waals surface area contributed by atoms with Crippen LogP contribution in [-0.2, 0) is 10.0 Å². The van der Waals surface area contributed by atoms with Crippen LogP contribution in [0.3, 0.4) is 0 Å². The molecule has 0 aromatic carbocycles. The van der Waals surface area contributed by atoms with Crippen LogP contribution >= 0.6 is 0 Å². The highest BCUT2D eigenvalue weighted by Crippen LogP contribution is 2.26. The fourth-order valence-corrected chi connectivity index (χ4v) is 3.03. The summed E-state index contributed by atoms with van der Waals surface area (Å²) in [6.07, 6.45) is 5.30. The van der Waals surface area contributed by atoms with Gasteiger partial charge in [0, 0.05) is 0 Å². The number of hydrogen-bond acceptors (Lipinski definition) is 3. The van der Waals surface area contributed by atoms with Crippen LogP contribution in [0.4, 0.5) is 0 Å². The smallest absolute Gasteiger partial charge is 0.211 e. The fourth-order valence-electron chi connectivity index (χ4n) is 2.16. The topological polar surface area (TPSA) is 96.0 Å². The summed E-state index contributed by atoms with van der Waals surface area (Å²) in [6, 6.07) is -0.509. The van der Waals surface area contributed by atoms with E-state index in [0.29, 0.717) is 0 Å². The van der Waals surface area contributed by atoms with Crippen molar-refractivity contribution < 1.29 is 8.42 Å². The van der Waals surface area contributed by atoms with Crippen LogP contribution in [0.1, 0.15) is 39.0 Å². The van der Waals surface area contributed by atoms with Crippen LogP contribution in [0, 0.1) is 11.3 Å². The molecule has 1 fully saturated rings. The minimum Gasteiger partial charge on any atom is -0.386 e. The van der Waals surface area contributed by atoms with Gasteiger partial charge in [0.2, 0.25) is 10.0 Å². The molecule has 0 amide bonds. The maximum atomic E-state index is 11.5. The van der Waals surface area contributed by atoms with Crippen LogP contribution in [-0.4, -0.2) is 26.0 Å². The zero-order valence-corrected chi connectivity index (χ0v) is 10.5. The van der Waals surface area contributed by atoms with Gasteiger partial charge in [-0.25, -0.2) is 13.1 Å². The molecule has 16 heavy (non-hydrogen) atoms. The average molecular weight is 247 g/mol. The van der Waals surface area contributed by atoms with Crippen molar-refractivity contribution in [3.8, 4) is 0 Å². The molecule has 0 radical (unpaired) electrons. The van der Waals surface area contributed by atoms with Gasteiger partial charge in [-0.3, -0.25) is 5.41 Å². The van der Waals surface area contributed by atoms with Gasteiger partial charge in [-0.05, 0) is 25.7 Å². The van der Waals surface area contributed by atoms with Gasteiger partial charge < -0.3 is 5.73 Å². The molecule has 0 spiro atoms. The molecule has 0 aromatic rings. The van der Waals surface area contributed by atoms with Crippen molar-refractivity contribution in [2.24, 2.45) is 11.7 Å². The lowest BCUT2D eigenvalue weighted by Crippen LogP contribution is -2.49. The van der Waals surface area contributed by atoms with Crippen LogP contribution in [0.25, 0.3) is 0 Å². The molecule has 1 aliphatic rings. The average Bonchev–Trinajstić information content (AvgIpc) is 2.27. The van der Waals surface area contributed by atoms with Crippen molar-refractivity contribution in [3.63, 3.8) is 0 Å². The van der Waals surface area contributed by atoms with Gasteiger partial charge >= 0.3 is 0 Å². The Morgan fingerprint density at radius 2 is 2.00 bits per heavy atom. The van der Waals surface area contributed by atoms with E-state index < -0.39 is 16.1 Å². The Morgan fingerprint density at radius 1 is 1.44 bits per heavy atom. The molecule has 0 heterocycles. The first-order valence-electron chi connectivity index (χ1n) is 5.80. The molecule has 4 N–H and O–H groups in total. The molecule has 1 atom stereocenters. The number of rotatable bonds is 5. The molecular weight excluding hydrogens is 226 g/mol. The Labute approximate surface area is 97.4 Å². The zero-order chi connectivity index (χ0) is 12.2. The number of hydrogen-bond donors (Lipinski definition) is 3. The number of sulfonamides is 1. The third-order valence-electron chi connectivity index (χ3n) is 3.14. The predicted molar refractivity (Wildman–Crippen MR) is 64.9 cm³/mol. The standard InChI is InChI=1S/C10H21N3O2S/c1-2-16(14,15)13-9(10(11)12)8-6-4-3-5-7-8/h8-9,13H,2-7H2,1H3,(H3,11,12). The Morgan fingerprint density at radius 3 is 2.44 bits per heavy atom.